The third-order valence-corrected chi connectivity index (χ3v) is 22.8. The molecule has 0 N–H and O–H groups in total. The van der Waals surface area contributed by atoms with Crippen molar-refractivity contribution in [2.45, 2.75) is 38.5 Å². The average Bonchev–Trinajstić information content (AvgIpc) is 1.43. The zero-order chi connectivity index (χ0) is 70.3. The Balaban J connectivity index is 1.03. The molecule has 10 nitrogen and oxygen atoms in total. The van der Waals surface area contributed by atoms with Gasteiger partial charge in [0.05, 0.1) is 66.9 Å². The molecule has 0 bridgehead atoms. The first-order valence-corrected chi connectivity index (χ1v) is 36.4. The molecule has 106 heavy (non-hydrogen) atoms. The first-order chi connectivity index (χ1) is 52.2. The number of hydrogen-bond donors (Lipinski definition) is 0. The molecule has 0 spiro atoms. The summed E-state index contributed by atoms with van der Waals surface area (Å²) in [5.41, 5.74) is 23.0. The van der Waals surface area contributed by atoms with Gasteiger partial charge in [0.1, 0.15) is 0 Å². The number of fused-ring (bicyclic) bond motifs is 16. The summed E-state index contributed by atoms with van der Waals surface area (Å²) >= 11 is 0. The first-order valence-electron chi connectivity index (χ1n) is 36.4. The SMILES string of the molecule is CC1(C)c2c(-c3c(-n4c5ccccc5c5ccccc54)cc(-c4nc(-c5ccccc5)nc(-c5ccccc5)n4)c4c3C(C)(C)c3cccc5c6ccccc6n-4c35)c(-n3c4ccccc4c4ccccc43)cc(-c3nc(-c4ccccc4)nc(-c4ccccc4)n3)c2-n2c3ccccc3c3cccc1c32. The van der Waals surface area contributed by atoms with Crippen molar-refractivity contribution >= 4 is 87.2 Å². The lowest BCUT2D eigenvalue weighted by molar-refractivity contribution is 0.623. The zero-order valence-electron chi connectivity index (χ0n) is 58.5. The maximum Gasteiger partial charge on any atom is 0.166 e. The highest BCUT2D eigenvalue weighted by atomic mass is 15.1. The Hall–Kier alpha value is -13.7. The minimum absolute atomic E-state index is 0.548. The van der Waals surface area contributed by atoms with Gasteiger partial charge in [0, 0.05) is 98.4 Å². The first kappa shape index (κ1) is 59.9. The molecule has 0 radical (unpaired) electrons. The van der Waals surface area contributed by atoms with Gasteiger partial charge in [0.2, 0.25) is 0 Å². The van der Waals surface area contributed by atoms with E-state index in [0.29, 0.717) is 34.9 Å². The van der Waals surface area contributed by atoms with Crippen molar-refractivity contribution in [3.63, 3.8) is 0 Å². The van der Waals surface area contributed by atoms with E-state index in [1.54, 1.807) is 0 Å². The molecule has 0 atom stereocenters. The molecule has 6 aromatic heterocycles. The minimum Gasteiger partial charge on any atom is -0.309 e. The fourth-order valence-corrected chi connectivity index (χ4v) is 18.2. The van der Waals surface area contributed by atoms with Crippen LogP contribution >= 0.6 is 0 Å². The largest absolute Gasteiger partial charge is 0.309 e. The molecule has 0 fully saturated rings. The normalized spacial score (nSPS) is 13.4. The van der Waals surface area contributed by atoms with Crippen molar-refractivity contribution in [3.05, 3.63) is 338 Å². The van der Waals surface area contributed by atoms with Gasteiger partial charge in [0.15, 0.2) is 34.9 Å². The van der Waals surface area contributed by atoms with E-state index < -0.39 is 10.8 Å². The van der Waals surface area contributed by atoms with Crippen LogP contribution in [0, 0.1) is 0 Å². The number of benzene rings is 14. The summed E-state index contributed by atoms with van der Waals surface area (Å²) in [5, 5.41) is 9.21. The molecule has 2 aliphatic heterocycles. The summed E-state index contributed by atoms with van der Waals surface area (Å²) in [6.45, 7) is 9.87. The van der Waals surface area contributed by atoms with E-state index in [4.69, 9.17) is 29.9 Å². The van der Waals surface area contributed by atoms with E-state index in [2.05, 4.69) is 337 Å². The van der Waals surface area contributed by atoms with Crippen LogP contribution in [-0.4, -0.2) is 48.2 Å². The van der Waals surface area contributed by atoms with Crippen LogP contribution in [0.3, 0.4) is 0 Å². The Morgan fingerprint density at radius 3 is 0.755 bits per heavy atom. The van der Waals surface area contributed by atoms with Crippen LogP contribution in [0.25, 0.3) is 189 Å². The van der Waals surface area contributed by atoms with E-state index in [-0.39, 0.29) is 0 Å². The molecular weight excluding hydrogens is 1290 g/mol. The van der Waals surface area contributed by atoms with E-state index in [0.717, 1.165) is 155 Å². The summed E-state index contributed by atoms with van der Waals surface area (Å²) in [5.74, 6) is 3.40. The van der Waals surface area contributed by atoms with Crippen LogP contribution in [0.15, 0.2) is 315 Å². The second-order valence-electron chi connectivity index (χ2n) is 29.3. The smallest absolute Gasteiger partial charge is 0.166 e. The fraction of sp³-hybridized carbons (Fsp3) is 0.0625. The fourth-order valence-electron chi connectivity index (χ4n) is 18.2. The van der Waals surface area contributed by atoms with E-state index in [9.17, 15) is 0 Å². The van der Waals surface area contributed by atoms with E-state index in [1.807, 2.05) is 24.3 Å². The molecule has 0 amide bonds. The predicted octanol–water partition coefficient (Wildman–Crippen LogP) is 23.4. The van der Waals surface area contributed by atoms with Crippen LogP contribution in [0.2, 0.25) is 0 Å². The molecule has 0 aliphatic carbocycles. The number of aromatic nitrogens is 10. The summed E-state index contributed by atoms with van der Waals surface area (Å²) in [6.07, 6.45) is 0. The molecule has 0 unspecified atom stereocenters. The molecule has 2 aliphatic rings. The van der Waals surface area contributed by atoms with Gasteiger partial charge in [-0.3, -0.25) is 0 Å². The highest BCUT2D eigenvalue weighted by molar-refractivity contribution is 6.18. The Morgan fingerprint density at radius 1 is 0.226 bits per heavy atom. The van der Waals surface area contributed by atoms with Crippen molar-refractivity contribution in [2.75, 3.05) is 0 Å². The van der Waals surface area contributed by atoms with Crippen molar-refractivity contribution in [3.8, 4) is 102 Å². The van der Waals surface area contributed by atoms with Crippen molar-refractivity contribution in [1.29, 1.82) is 0 Å². The molecule has 498 valence electrons. The minimum atomic E-state index is -0.799. The molecule has 14 aromatic carbocycles. The number of nitrogens with zero attached hydrogens (tertiary/aromatic N) is 10. The topological polar surface area (TPSA) is 97.1 Å². The summed E-state index contributed by atoms with van der Waals surface area (Å²) < 4.78 is 10.3. The Kier molecular flexibility index (Phi) is 12.7. The van der Waals surface area contributed by atoms with Gasteiger partial charge in [0.25, 0.3) is 0 Å². The molecule has 22 rings (SSSR count). The lowest BCUT2D eigenvalue weighted by atomic mass is 9.66. The molecular formula is C96H64N10. The maximum absolute atomic E-state index is 5.81. The van der Waals surface area contributed by atoms with Gasteiger partial charge < -0.3 is 18.3 Å². The van der Waals surface area contributed by atoms with Crippen LogP contribution < -0.4 is 0 Å². The van der Waals surface area contributed by atoms with Gasteiger partial charge in [-0.25, -0.2) is 29.9 Å². The molecule has 8 heterocycles. The highest BCUT2D eigenvalue weighted by Gasteiger charge is 2.47. The van der Waals surface area contributed by atoms with E-state index in [1.165, 1.54) is 21.9 Å². The van der Waals surface area contributed by atoms with Gasteiger partial charge in [-0.2, -0.15) is 0 Å². The summed E-state index contributed by atoms with van der Waals surface area (Å²) in [7, 11) is 0. The molecule has 20 aromatic rings. The van der Waals surface area contributed by atoms with Crippen LogP contribution in [0.5, 0.6) is 0 Å². The van der Waals surface area contributed by atoms with Crippen LogP contribution in [0.4, 0.5) is 0 Å². The number of rotatable bonds is 9. The number of para-hydroxylation sites is 8. The Labute approximate surface area is 610 Å². The van der Waals surface area contributed by atoms with Gasteiger partial charge in [-0.15, -0.1) is 0 Å². The Morgan fingerprint density at radius 2 is 0.462 bits per heavy atom. The van der Waals surface area contributed by atoms with Gasteiger partial charge >= 0.3 is 0 Å². The van der Waals surface area contributed by atoms with Crippen molar-refractivity contribution in [1.82, 2.24) is 48.2 Å². The zero-order valence-corrected chi connectivity index (χ0v) is 58.5. The second-order valence-corrected chi connectivity index (χ2v) is 29.3. The van der Waals surface area contributed by atoms with Crippen LogP contribution in [-0.2, 0) is 10.8 Å². The quantitative estimate of drug-likeness (QED) is 0.143. The van der Waals surface area contributed by atoms with Crippen molar-refractivity contribution in [2.24, 2.45) is 0 Å². The maximum atomic E-state index is 5.81. The molecule has 0 saturated heterocycles. The third kappa shape index (κ3) is 8.43. The summed E-state index contributed by atoms with van der Waals surface area (Å²) in [4.78, 5) is 34.1. The Bertz CT molecular complexity index is 6470. The van der Waals surface area contributed by atoms with Gasteiger partial charge in [-0.05, 0) is 70.8 Å². The summed E-state index contributed by atoms with van der Waals surface area (Å²) in [6, 6.07) is 114. The monoisotopic (exact) mass is 1360 g/mol. The van der Waals surface area contributed by atoms with Crippen molar-refractivity contribution < 1.29 is 0 Å². The highest BCUT2D eigenvalue weighted by Crippen LogP contribution is 2.61. The molecule has 0 saturated carbocycles. The lowest BCUT2D eigenvalue weighted by Crippen LogP contribution is -2.31. The third-order valence-electron chi connectivity index (χ3n) is 22.8. The second kappa shape index (κ2) is 22.4. The number of hydrogen-bond acceptors (Lipinski definition) is 6. The molecule has 10 heteroatoms. The predicted molar refractivity (Wildman–Crippen MR) is 433 cm³/mol. The standard InChI is InChI=1S/C96H64N10/c1-95(2)71-47-29-45-67-65-43-21-27-53-77(65)105(85(67)71)87-69(93-99-89(57-31-9-5-10-32-57)97-90(100-93)58-33-11-6-12-34-58)55-79(103-73-49-23-17-39-61(73)62-40-18-24-50-74(62)103)81(83(87)95)82-80(104-75-51-25-19-41-63(75)64-42-20-26-52-76(64)104)56-70(94-101-91(59-35-13-7-14-36-59)98-92(102-94)60-37-15-8-16-38-60)88-84(82)96(3,4)72-48-30-46-68-66-44-22-28-54-78(66)106(88)86(68)72/h5-56H,1-4H3. The van der Waals surface area contributed by atoms with Gasteiger partial charge in [-0.1, -0.05) is 295 Å². The van der Waals surface area contributed by atoms with E-state index >= 15 is 0 Å². The average molecular weight is 1360 g/mol. The van der Waals surface area contributed by atoms with Crippen LogP contribution in [0.1, 0.15) is 49.9 Å². The lowest BCUT2D eigenvalue weighted by Gasteiger charge is -2.42.